The van der Waals surface area contributed by atoms with Gasteiger partial charge in [-0.05, 0) is 13.3 Å². The first-order valence-corrected chi connectivity index (χ1v) is 10.2. The summed E-state index contributed by atoms with van der Waals surface area (Å²) in [6, 6.07) is 0.544. The second kappa shape index (κ2) is 14.9. The highest BCUT2D eigenvalue weighted by molar-refractivity contribution is 4.63. The maximum absolute atomic E-state index is 3.94. The number of hydrogen-bond acceptors (Lipinski definition) is 4. The average Bonchev–Trinajstić information content (AvgIpc) is 3.09. The summed E-state index contributed by atoms with van der Waals surface area (Å²) in [6.07, 6.45) is 21.2. The van der Waals surface area contributed by atoms with Gasteiger partial charge in [0.15, 0.2) is 0 Å². The van der Waals surface area contributed by atoms with E-state index >= 15 is 0 Å². The lowest BCUT2D eigenvalue weighted by atomic mass is 10.0. The number of unbranched alkanes of at least 4 members (excludes halogenated alkanes) is 13. The maximum Gasteiger partial charge on any atom is 0.133 e. The molecule has 0 saturated carbocycles. The first kappa shape index (κ1) is 20.4. The maximum atomic E-state index is 3.94. The fourth-order valence-electron chi connectivity index (χ4n) is 3.25. The zero-order chi connectivity index (χ0) is 16.6. The average molecular weight is 325 g/mol. The predicted molar refractivity (Wildman–Crippen MR) is 99.1 cm³/mol. The van der Waals surface area contributed by atoms with Crippen LogP contribution in [0.15, 0.2) is 10.3 Å². The Labute approximate surface area is 144 Å². The Bertz CT molecular complexity index is 273. The summed E-state index contributed by atoms with van der Waals surface area (Å²) in [7, 11) is 0. The van der Waals surface area contributed by atoms with E-state index in [0.29, 0.717) is 12.7 Å². The van der Waals surface area contributed by atoms with Gasteiger partial charge in [-0.3, -0.25) is 0 Å². The zero-order valence-corrected chi connectivity index (χ0v) is 15.7. The molecule has 136 valence electrons. The highest BCUT2D eigenvalue weighted by atomic mass is 15.8. The van der Waals surface area contributed by atoms with E-state index in [1.165, 1.54) is 96.3 Å². The molecule has 1 rings (SSSR count). The molecule has 0 fully saturated rings. The third-order valence-corrected chi connectivity index (χ3v) is 4.97. The van der Waals surface area contributed by atoms with Gasteiger partial charge in [0, 0.05) is 6.04 Å². The molecule has 1 heterocycles. The van der Waals surface area contributed by atoms with Gasteiger partial charge < -0.3 is 0 Å². The smallest absolute Gasteiger partial charge is 0.133 e. The quantitative estimate of drug-likeness (QED) is 0.334. The molecule has 1 N–H and O–H groups in total. The second-order valence-corrected chi connectivity index (χ2v) is 7.19. The predicted octanol–water partition coefficient (Wildman–Crippen LogP) is 6.39. The van der Waals surface area contributed by atoms with E-state index in [0.717, 1.165) is 0 Å². The summed E-state index contributed by atoms with van der Waals surface area (Å²) >= 11 is 0. The summed E-state index contributed by atoms with van der Waals surface area (Å²) in [5.41, 5.74) is 2.95. The second-order valence-electron chi connectivity index (χ2n) is 7.19. The molecule has 0 aromatic rings. The molecule has 0 aliphatic carbocycles. The standard InChI is InChI=1S/C19H40N4/c1-3-4-5-6-7-8-9-10-11-12-13-14-15-16-17-19(2)23-18-20-21-22-23/h19H,3-18H2,1-2H3,(H,20,22). The van der Waals surface area contributed by atoms with Gasteiger partial charge in [-0.2, -0.15) is 10.1 Å². The van der Waals surface area contributed by atoms with Crippen molar-refractivity contribution in [1.82, 2.24) is 10.5 Å². The van der Waals surface area contributed by atoms with Crippen LogP contribution < -0.4 is 5.53 Å². The molecule has 23 heavy (non-hydrogen) atoms. The van der Waals surface area contributed by atoms with Crippen molar-refractivity contribution in [3.05, 3.63) is 0 Å². The summed E-state index contributed by atoms with van der Waals surface area (Å²) in [5, 5.41) is 9.86. The largest absolute Gasteiger partial charge is 0.220 e. The van der Waals surface area contributed by atoms with E-state index in [1.807, 2.05) is 0 Å². The van der Waals surface area contributed by atoms with Gasteiger partial charge in [0.2, 0.25) is 0 Å². The molecule has 0 aromatic heterocycles. The molecule has 4 heteroatoms. The van der Waals surface area contributed by atoms with Crippen LogP contribution in [0.2, 0.25) is 0 Å². The van der Waals surface area contributed by atoms with Crippen molar-refractivity contribution in [2.75, 3.05) is 6.67 Å². The molecule has 0 radical (unpaired) electrons. The van der Waals surface area contributed by atoms with Crippen LogP contribution in [0.25, 0.3) is 0 Å². The molecule has 0 spiro atoms. The van der Waals surface area contributed by atoms with Gasteiger partial charge in [-0.1, -0.05) is 102 Å². The minimum absolute atomic E-state index is 0.544. The molecule has 0 amide bonds. The molecule has 4 nitrogen and oxygen atoms in total. The summed E-state index contributed by atoms with van der Waals surface area (Å²) in [6.45, 7) is 5.25. The van der Waals surface area contributed by atoms with Gasteiger partial charge >= 0.3 is 0 Å². The summed E-state index contributed by atoms with van der Waals surface area (Å²) in [4.78, 5) is 0. The first-order valence-electron chi connectivity index (χ1n) is 10.2. The Morgan fingerprint density at radius 2 is 1.26 bits per heavy atom. The van der Waals surface area contributed by atoms with Crippen LogP contribution in [0.3, 0.4) is 0 Å². The van der Waals surface area contributed by atoms with Crippen molar-refractivity contribution >= 4 is 0 Å². The highest BCUT2D eigenvalue weighted by Gasteiger charge is 2.15. The van der Waals surface area contributed by atoms with Crippen molar-refractivity contribution < 1.29 is 0 Å². The topological polar surface area (TPSA) is 40.0 Å². The van der Waals surface area contributed by atoms with Crippen LogP contribution in [-0.4, -0.2) is 17.7 Å². The Morgan fingerprint density at radius 1 is 0.783 bits per heavy atom. The molecular weight excluding hydrogens is 284 g/mol. The van der Waals surface area contributed by atoms with E-state index in [2.05, 4.69) is 34.7 Å². The monoisotopic (exact) mass is 324 g/mol. The van der Waals surface area contributed by atoms with Gasteiger partial charge in [-0.25, -0.2) is 5.53 Å². The highest BCUT2D eigenvalue weighted by Crippen LogP contribution is 2.15. The van der Waals surface area contributed by atoms with Crippen molar-refractivity contribution in [3.8, 4) is 0 Å². The number of rotatable bonds is 16. The van der Waals surface area contributed by atoms with Crippen LogP contribution in [-0.2, 0) is 0 Å². The molecule has 1 unspecified atom stereocenters. The number of nitrogens with zero attached hydrogens (tertiary/aromatic N) is 3. The van der Waals surface area contributed by atoms with E-state index in [9.17, 15) is 0 Å². The van der Waals surface area contributed by atoms with Gasteiger partial charge in [0.1, 0.15) is 6.67 Å². The molecule has 0 saturated heterocycles. The summed E-state index contributed by atoms with van der Waals surface area (Å²) < 4.78 is 0. The first-order chi connectivity index (χ1) is 11.3. The van der Waals surface area contributed by atoms with Gasteiger partial charge in [-0.15, -0.1) is 0 Å². The fraction of sp³-hybridized carbons (Fsp3) is 1.00. The molecule has 1 atom stereocenters. The summed E-state index contributed by atoms with van der Waals surface area (Å²) in [5.74, 6) is 0. The normalized spacial score (nSPS) is 15.9. The fourth-order valence-corrected chi connectivity index (χ4v) is 3.25. The van der Waals surface area contributed by atoms with E-state index < -0.39 is 0 Å². The minimum atomic E-state index is 0.544. The van der Waals surface area contributed by atoms with Gasteiger partial charge in [0.25, 0.3) is 0 Å². The van der Waals surface area contributed by atoms with E-state index in [-0.39, 0.29) is 0 Å². The lowest BCUT2D eigenvalue weighted by Crippen LogP contribution is -2.37. The van der Waals surface area contributed by atoms with Crippen molar-refractivity contribution in [2.45, 2.75) is 116 Å². The Morgan fingerprint density at radius 3 is 1.70 bits per heavy atom. The minimum Gasteiger partial charge on any atom is -0.220 e. The van der Waals surface area contributed by atoms with Crippen LogP contribution in [0.1, 0.15) is 110 Å². The third-order valence-electron chi connectivity index (χ3n) is 4.97. The molecular formula is C19H40N4. The Balaban J connectivity index is 1.71. The lowest BCUT2D eigenvalue weighted by Gasteiger charge is -2.20. The van der Waals surface area contributed by atoms with Crippen LogP contribution in [0.4, 0.5) is 0 Å². The van der Waals surface area contributed by atoms with Crippen molar-refractivity contribution in [2.24, 2.45) is 10.3 Å². The molecule has 0 aromatic carbocycles. The number of hydrazine groups is 1. The Kier molecular flexibility index (Phi) is 13.2. The Hall–Kier alpha value is -0.640. The zero-order valence-electron chi connectivity index (χ0n) is 15.7. The van der Waals surface area contributed by atoms with Crippen LogP contribution in [0.5, 0.6) is 0 Å². The third kappa shape index (κ3) is 11.5. The van der Waals surface area contributed by atoms with Crippen molar-refractivity contribution in [1.29, 1.82) is 0 Å². The van der Waals surface area contributed by atoms with Gasteiger partial charge in [0.05, 0.1) is 0 Å². The lowest BCUT2D eigenvalue weighted by molar-refractivity contribution is 0.163. The molecule has 1 aliphatic heterocycles. The van der Waals surface area contributed by atoms with E-state index in [4.69, 9.17) is 0 Å². The van der Waals surface area contributed by atoms with E-state index in [1.54, 1.807) is 0 Å². The number of hydrogen-bond donors (Lipinski definition) is 1. The van der Waals surface area contributed by atoms with Crippen LogP contribution >= 0.6 is 0 Å². The van der Waals surface area contributed by atoms with Crippen LogP contribution in [0, 0.1) is 0 Å². The molecule has 1 aliphatic rings. The van der Waals surface area contributed by atoms with Crippen molar-refractivity contribution in [3.63, 3.8) is 0 Å². The SMILES string of the molecule is CCCCCCCCCCCCCCCCC(C)N1CN=NN1. The molecule has 0 bridgehead atoms. The number of nitrogens with one attached hydrogen (secondary N) is 1.